The van der Waals surface area contributed by atoms with Gasteiger partial charge in [-0.1, -0.05) is 13.0 Å². The zero-order valence-corrected chi connectivity index (χ0v) is 15.0. The molecule has 1 rings (SSSR count). The van der Waals surface area contributed by atoms with Crippen LogP contribution in [0.15, 0.2) is 18.2 Å². The maximum absolute atomic E-state index is 11.9. The third kappa shape index (κ3) is 6.45. The van der Waals surface area contributed by atoms with Crippen LogP contribution in [0.25, 0.3) is 0 Å². The lowest BCUT2D eigenvalue weighted by atomic mass is 10.2. The molecule has 0 unspecified atom stereocenters. The summed E-state index contributed by atoms with van der Waals surface area (Å²) in [7, 11) is 4.98. The van der Waals surface area contributed by atoms with Crippen molar-refractivity contribution in [2.24, 2.45) is 0 Å². The molecule has 0 spiro atoms. The predicted molar refractivity (Wildman–Crippen MR) is 92.3 cm³/mol. The highest BCUT2D eigenvalue weighted by Gasteiger charge is 2.14. The lowest BCUT2D eigenvalue weighted by Gasteiger charge is -2.19. The van der Waals surface area contributed by atoms with Crippen LogP contribution in [0, 0.1) is 0 Å². The number of hydrogen-bond donors (Lipinski definition) is 2. The molecule has 0 aliphatic rings. The number of likely N-dealkylation sites (N-methyl/N-ethyl adjacent to an activating group) is 1. The molecule has 7 nitrogen and oxygen atoms in total. The lowest BCUT2D eigenvalue weighted by Crippen LogP contribution is -2.46. The second-order valence-corrected chi connectivity index (χ2v) is 5.68. The van der Waals surface area contributed by atoms with Crippen LogP contribution in [0.4, 0.5) is 4.79 Å². The van der Waals surface area contributed by atoms with Crippen LogP contribution in [0.2, 0.25) is 0 Å². The van der Waals surface area contributed by atoms with Crippen LogP contribution in [0.1, 0.15) is 25.8 Å². The number of carbonyl (C=O) groups is 2. The summed E-state index contributed by atoms with van der Waals surface area (Å²) >= 11 is 0. The van der Waals surface area contributed by atoms with Crippen LogP contribution in [0.3, 0.4) is 0 Å². The standard InChI is InChI=1S/C17H27N3O4/c1-6-12(2)18-17(22)19-16(21)11-20(3)10-13-7-8-14(23-4)9-15(13)24-5/h7-9,12H,6,10-11H2,1-5H3,(H2,18,19,21,22)/t12-/m1/s1. The Labute approximate surface area is 143 Å². The third-order valence-electron chi connectivity index (χ3n) is 3.59. The molecule has 0 fully saturated rings. The highest BCUT2D eigenvalue weighted by Crippen LogP contribution is 2.25. The van der Waals surface area contributed by atoms with E-state index in [1.807, 2.05) is 26.0 Å². The summed E-state index contributed by atoms with van der Waals surface area (Å²) in [5, 5.41) is 5.02. The van der Waals surface area contributed by atoms with Crippen molar-refractivity contribution in [3.63, 3.8) is 0 Å². The van der Waals surface area contributed by atoms with E-state index >= 15 is 0 Å². The second-order valence-electron chi connectivity index (χ2n) is 5.68. The molecule has 24 heavy (non-hydrogen) atoms. The minimum Gasteiger partial charge on any atom is -0.497 e. The SMILES string of the molecule is CC[C@@H](C)NC(=O)NC(=O)CN(C)Cc1ccc(OC)cc1OC. The summed E-state index contributed by atoms with van der Waals surface area (Å²) in [5.74, 6) is 1.04. The number of hydrogen-bond acceptors (Lipinski definition) is 5. The Morgan fingerprint density at radius 3 is 2.54 bits per heavy atom. The Kier molecular flexibility index (Phi) is 8.05. The van der Waals surface area contributed by atoms with Gasteiger partial charge in [-0.05, 0) is 26.5 Å². The first-order valence-electron chi connectivity index (χ1n) is 7.89. The van der Waals surface area contributed by atoms with Crippen LogP contribution in [0.5, 0.6) is 11.5 Å². The summed E-state index contributed by atoms with van der Waals surface area (Å²) in [5.41, 5.74) is 0.928. The van der Waals surface area contributed by atoms with Crippen LogP contribution in [-0.4, -0.2) is 50.7 Å². The van der Waals surface area contributed by atoms with Gasteiger partial charge in [-0.25, -0.2) is 4.79 Å². The number of ether oxygens (including phenoxy) is 2. The lowest BCUT2D eigenvalue weighted by molar-refractivity contribution is -0.121. The average molecular weight is 337 g/mol. The van der Waals surface area contributed by atoms with Crippen molar-refractivity contribution < 1.29 is 19.1 Å². The zero-order valence-electron chi connectivity index (χ0n) is 15.0. The van der Waals surface area contributed by atoms with Crippen molar-refractivity contribution in [1.82, 2.24) is 15.5 Å². The molecule has 134 valence electrons. The van der Waals surface area contributed by atoms with E-state index in [2.05, 4.69) is 10.6 Å². The predicted octanol–water partition coefficient (Wildman–Crippen LogP) is 1.76. The minimum atomic E-state index is -0.468. The summed E-state index contributed by atoms with van der Waals surface area (Å²) in [6.07, 6.45) is 0.804. The van der Waals surface area contributed by atoms with Gasteiger partial charge >= 0.3 is 6.03 Å². The first-order chi connectivity index (χ1) is 11.4. The highest BCUT2D eigenvalue weighted by atomic mass is 16.5. The van der Waals surface area contributed by atoms with E-state index in [9.17, 15) is 9.59 Å². The molecule has 0 saturated carbocycles. The van der Waals surface area contributed by atoms with Gasteiger partial charge in [0.2, 0.25) is 5.91 Å². The van der Waals surface area contributed by atoms with E-state index in [4.69, 9.17) is 9.47 Å². The number of imide groups is 1. The van der Waals surface area contributed by atoms with Crippen molar-refractivity contribution >= 4 is 11.9 Å². The number of nitrogens with one attached hydrogen (secondary N) is 2. The first-order valence-corrected chi connectivity index (χ1v) is 7.89. The Morgan fingerprint density at radius 1 is 1.25 bits per heavy atom. The molecule has 0 bridgehead atoms. The number of rotatable bonds is 8. The highest BCUT2D eigenvalue weighted by molar-refractivity contribution is 5.95. The van der Waals surface area contributed by atoms with Crippen molar-refractivity contribution in [2.75, 3.05) is 27.8 Å². The average Bonchev–Trinajstić information content (AvgIpc) is 2.54. The van der Waals surface area contributed by atoms with E-state index in [0.29, 0.717) is 18.0 Å². The van der Waals surface area contributed by atoms with Gasteiger partial charge in [0, 0.05) is 24.2 Å². The molecule has 0 radical (unpaired) electrons. The molecule has 7 heteroatoms. The molecule has 2 N–H and O–H groups in total. The van der Waals surface area contributed by atoms with Crippen molar-refractivity contribution in [1.29, 1.82) is 0 Å². The van der Waals surface area contributed by atoms with E-state index in [1.54, 1.807) is 32.2 Å². The fraction of sp³-hybridized carbons (Fsp3) is 0.529. The quantitative estimate of drug-likeness (QED) is 0.756. The Morgan fingerprint density at radius 2 is 1.96 bits per heavy atom. The summed E-state index contributed by atoms with van der Waals surface area (Å²) in [6.45, 7) is 4.45. The number of urea groups is 1. The number of nitrogens with zero attached hydrogens (tertiary/aromatic N) is 1. The summed E-state index contributed by atoms with van der Waals surface area (Å²) in [6, 6.07) is 5.08. The van der Waals surface area contributed by atoms with Gasteiger partial charge in [-0.15, -0.1) is 0 Å². The van der Waals surface area contributed by atoms with Crippen molar-refractivity contribution in [2.45, 2.75) is 32.9 Å². The summed E-state index contributed by atoms with van der Waals surface area (Å²) < 4.78 is 10.5. The molecule has 0 aromatic heterocycles. The van der Waals surface area contributed by atoms with Crippen LogP contribution < -0.4 is 20.1 Å². The van der Waals surface area contributed by atoms with Gasteiger partial charge in [-0.3, -0.25) is 15.0 Å². The molecule has 0 saturated heterocycles. The monoisotopic (exact) mass is 337 g/mol. The molecule has 0 aliphatic carbocycles. The maximum atomic E-state index is 11.9. The fourth-order valence-electron chi connectivity index (χ4n) is 2.10. The van der Waals surface area contributed by atoms with Gasteiger partial charge < -0.3 is 14.8 Å². The third-order valence-corrected chi connectivity index (χ3v) is 3.59. The zero-order chi connectivity index (χ0) is 18.1. The van der Waals surface area contributed by atoms with E-state index in [0.717, 1.165) is 12.0 Å². The van der Waals surface area contributed by atoms with Crippen LogP contribution >= 0.6 is 0 Å². The molecule has 1 atom stereocenters. The largest absolute Gasteiger partial charge is 0.497 e. The molecule has 3 amide bonds. The van der Waals surface area contributed by atoms with Gasteiger partial charge in [0.05, 0.1) is 20.8 Å². The smallest absolute Gasteiger partial charge is 0.321 e. The van der Waals surface area contributed by atoms with E-state index in [1.165, 1.54) is 0 Å². The molecule has 0 aliphatic heterocycles. The van der Waals surface area contributed by atoms with Gasteiger partial charge in [0.25, 0.3) is 0 Å². The van der Waals surface area contributed by atoms with Crippen molar-refractivity contribution in [3.8, 4) is 11.5 Å². The van der Waals surface area contributed by atoms with Gasteiger partial charge in [0.1, 0.15) is 11.5 Å². The van der Waals surface area contributed by atoms with Crippen molar-refractivity contribution in [3.05, 3.63) is 23.8 Å². The molecule has 1 aromatic carbocycles. The van der Waals surface area contributed by atoms with E-state index < -0.39 is 6.03 Å². The van der Waals surface area contributed by atoms with Crippen LogP contribution in [-0.2, 0) is 11.3 Å². The number of amides is 3. The summed E-state index contributed by atoms with van der Waals surface area (Å²) in [4.78, 5) is 25.4. The molecule has 0 heterocycles. The van der Waals surface area contributed by atoms with Gasteiger partial charge in [0.15, 0.2) is 0 Å². The Balaban J connectivity index is 2.55. The maximum Gasteiger partial charge on any atom is 0.321 e. The Hall–Kier alpha value is -2.28. The molecular weight excluding hydrogens is 310 g/mol. The van der Waals surface area contributed by atoms with E-state index in [-0.39, 0.29) is 18.5 Å². The topological polar surface area (TPSA) is 79.9 Å². The molecular formula is C17H27N3O4. The number of methoxy groups -OCH3 is 2. The normalized spacial score (nSPS) is 11.8. The fourth-order valence-corrected chi connectivity index (χ4v) is 2.10. The number of carbonyl (C=O) groups excluding carboxylic acids is 2. The minimum absolute atomic E-state index is 0.0269. The molecule has 1 aromatic rings. The second kappa shape index (κ2) is 9.77. The van der Waals surface area contributed by atoms with Gasteiger partial charge in [-0.2, -0.15) is 0 Å². The number of benzene rings is 1. The first kappa shape index (κ1) is 19.8. The Bertz CT molecular complexity index is 563.